The normalized spacial score (nSPS) is 10.2. The van der Waals surface area contributed by atoms with Gasteiger partial charge in [-0.05, 0) is 18.6 Å². The Labute approximate surface area is 116 Å². The number of nitrogens with zero attached hydrogens (tertiary/aromatic N) is 3. The van der Waals surface area contributed by atoms with E-state index in [4.69, 9.17) is 5.73 Å². The summed E-state index contributed by atoms with van der Waals surface area (Å²) < 4.78 is 6.44. The van der Waals surface area contributed by atoms with Crippen molar-refractivity contribution in [3.8, 4) is 0 Å². The standard InChI is InChI=1S/C13H17N5O2/c1-20-13(19)10-4-2-5-11(12(10)14)15-6-3-8-18-9-7-16-17-18/h2,4-5,7,9,15H,3,6,8,14H2,1H3. The van der Waals surface area contributed by atoms with E-state index < -0.39 is 5.97 Å². The van der Waals surface area contributed by atoms with E-state index in [0.717, 1.165) is 18.7 Å². The van der Waals surface area contributed by atoms with Gasteiger partial charge in [0.05, 0.1) is 30.2 Å². The van der Waals surface area contributed by atoms with Crippen LogP contribution >= 0.6 is 0 Å². The highest BCUT2D eigenvalue weighted by atomic mass is 16.5. The van der Waals surface area contributed by atoms with Crippen LogP contribution in [0.2, 0.25) is 0 Å². The third-order valence-electron chi connectivity index (χ3n) is 2.86. The third kappa shape index (κ3) is 3.25. The lowest BCUT2D eigenvalue weighted by atomic mass is 10.1. The van der Waals surface area contributed by atoms with E-state index >= 15 is 0 Å². The average Bonchev–Trinajstić information content (AvgIpc) is 2.97. The Hall–Kier alpha value is -2.57. The lowest BCUT2D eigenvalue weighted by molar-refractivity contribution is 0.0602. The number of hydrogen-bond acceptors (Lipinski definition) is 6. The SMILES string of the molecule is COC(=O)c1cccc(NCCCn2ccnn2)c1N. The number of anilines is 2. The van der Waals surface area contributed by atoms with E-state index in [9.17, 15) is 4.79 Å². The molecule has 106 valence electrons. The summed E-state index contributed by atoms with van der Waals surface area (Å²) in [5.74, 6) is -0.436. The van der Waals surface area contributed by atoms with Crippen molar-refractivity contribution in [3.63, 3.8) is 0 Å². The van der Waals surface area contributed by atoms with Gasteiger partial charge >= 0.3 is 5.97 Å². The topological polar surface area (TPSA) is 95.1 Å². The molecular weight excluding hydrogens is 258 g/mol. The number of aromatic nitrogens is 3. The first-order valence-corrected chi connectivity index (χ1v) is 6.27. The van der Waals surface area contributed by atoms with E-state index in [1.807, 2.05) is 12.3 Å². The predicted octanol–water partition coefficient (Wildman–Crippen LogP) is 1.15. The van der Waals surface area contributed by atoms with Crippen molar-refractivity contribution < 1.29 is 9.53 Å². The molecule has 2 rings (SSSR count). The number of nitrogens with one attached hydrogen (secondary N) is 1. The van der Waals surface area contributed by atoms with Crippen LogP contribution in [0.25, 0.3) is 0 Å². The summed E-state index contributed by atoms with van der Waals surface area (Å²) in [5.41, 5.74) is 7.45. The maximum Gasteiger partial charge on any atom is 0.340 e. The largest absolute Gasteiger partial charge is 0.465 e. The van der Waals surface area contributed by atoms with Crippen molar-refractivity contribution in [2.45, 2.75) is 13.0 Å². The molecule has 20 heavy (non-hydrogen) atoms. The van der Waals surface area contributed by atoms with Gasteiger partial charge in [-0.1, -0.05) is 11.3 Å². The molecule has 0 spiro atoms. The van der Waals surface area contributed by atoms with Gasteiger partial charge in [-0.3, -0.25) is 4.68 Å². The number of ether oxygens (including phenoxy) is 1. The fourth-order valence-electron chi connectivity index (χ4n) is 1.82. The van der Waals surface area contributed by atoms with E-state index in [1.165, 1.54) is 7.11 Å². The fourth-order valence-corrected chi connectivity index (χ4v) is 1.82. The Morgan fingerprint density at radius 2 is 2.35 bits per heavy atom. The molecule has 0 atom stereocenters. The molecule has 0 aliphatic heterocycles. The van der Waals surface area contributed by atoms with Crippen molar-refractivity contribution in [2.75, 3.05) is 24.7 Å². The van der Waals surface area contributed by atoms with Crippen LogP contribution < -0.4 is 11.1 Å². The number of aryl methyl sites for hydroxylation is 1. The predicted molar refractivity (Wildman–Crippen MR) is 75.3 cm³/mol. The van der Waals surface area contributed by atoms with Crippen LogP contribution in [0.15, 0.2) is 30.6 Å². The Morgan fingerprint density at radius 1 is 1.50 bits per heavy atom. The van der Waals surface area contributed by atoms with Crippen molar-refractivity contribution >= 4 is 17.3 Å². The number of esters is 1. The fraction of sp³-hybridized carbons (Fsp3) is 0.308. The molecule has 7 nitrogen and oxygen atoms in total. The number of nitrogens with two attached hydrogens (primary N) is 1. The molecule has 1 aromatic carbocycles. The highest BCUT2D eigenvalue weighted by Crippen LogP contribution is 2.23. The second-order valence-electron chi connectivity index (χ2n) is 4.20. The minimum Gasteiger partial charge on any atom is -0.465 e. The molecule has 0 unspecified atom stereocenters. The first-order chi connectivity index (χ1) is 9.72. The molecule has 0 saturated carbocycles. The molecule has 0 aliphatic carbocycles. The monoisotopic (exact) mass is 275 g/mol. The quantitative estimate of drug-likeness (QED) is 0.466. The van der Waals surface area contributed by atoms with Gasteiger partial charge in [0, 0.05) is 19.3 Å². The Morgan fingerprint density at radius 3 is 3.05 bits per heavy atom. The second kappa shape index (κ2) is 6.55. The third-order valence-corrected chi connectivity index (χ3v) is 2.86. The van der Waals surface area contributed by atoms with Gasteiger partial charge in [0.25, 0.3) is 0 Å². The molecule has 0 amide bonds. The van der Waals surface area contributed by atoms with Gasteiger partial charge < -0.3 is 15.8 Å². The van der Waals surface area contributed by atoms with Crippen molar-refractivity contribution in [2.24, 2.45) is 0 Å². The van der Waals surface area contributed by atoms with Gasteiger partial charge in [-0.2, -0.15) is 0 Å². The van der Waals surface area contributed by atoms with E-state index in [-0.39, 0.29) is 0 Å². The summed E-state index contributed by atoms with van der Waals surface area (Å²) in [4.78, 5) is 11.5. The van der Waals surface area contributed by atoms with Crippen LogP contribution in [0.1, 0.15) is 16.8 Å². The Bertz CT molecular complexity index is 568. The number of carbonyl (C=O) groups is 1. The van der Waals surface area contributed by atoms with E-state index in [1.54, 1.807) is 23.0 Å². The van der Waals surface area contributed by atoms with Crippen LogP contribution in [0.3, 0.4) is 0 Å². The van der Waals surface area contributed by atoms with Crippen LogP contribution in [0.4, 0.5) is 11.4 Å². The number of carbonyl (C=O) groups excluding carboxylic acids is 1. The smallest absolute Gasteiger partial charge is 0.340 e. The van der Waals surface area contributed by atoms with Crippen LogP contribution in [-0.4, -0.2) is 34.6 Å². The van der Waals surface area contributed by atoms with Gasteiger partial charge in [-0.25, -0.2) is 4.79 Å². The minimum absolute atomic E-state index is 0.369. The van der Waals surface area contributed by atoms with Crippen molar-refractivity contribution in [3.05, 3.63) is 36.2 Å². The molecule has 0 saturated heterocycles. The molecule has 0 bridgehead atoms. The molecule has 1 heterocycles. The molecule has 0 fully saturated rings. The van der Waals surface area contributed by atoms with E-state index in [0.29, 0.717) is 17.8 Å². The van der Waals surface area contributed by atoms with Crippen molar-refractivity contribution in [1.29, 1.82) is 0 Å². The number of nitrogen functional groups attached to an aromatic ring is 1. The molecule has 2 aromatic rings. The number of methoxy groups -OCH3 is 1. The summed E-state index contributed by atoms with van der Waals surface area (Å²) >= 11 is 0. The average molecular weight is 275 g/mol. The summed E-state index contributed by atoms with van der Waals surface area (Å²) in [6.45, 7) is 1.48. The molecule has 3 N–H and O–H groups in total. The van der Waals surface area contributed by atoms with Gasteiger partial charge in [0.15, 0.2) is 0 Å². The van der Waals surface area contributed by atoms with Crippen LogP contribution in [-0.2, 0) is 11.3 Å². The highest BCUT2D eigenvalue weighted by Gasteiger charge is 2.12. The maximum absolute atomic E-state index is 11.5. The van der Waals surface area contributed by atoms with Crippen LogP contribution in [0, 0.1) is 0 Å². The van der Waals surface area contributed by atoms with Gasteiger partial charge in [0.1, 0.15) is 0 Å². The molecular formula is C13H17N5O2. The number of hydrogen-bond donors (Lipinski definition) is 2. The molecule has 1 aromatic heterocycles. The minimum atomic E-state index is -0.436. The first-order valence-electron chi connectivity index (χ1n) is 6.27. The van der Waals surface area contributed by atoms with Gasteiger partial charge in [-0.15, -0.1) is 5.10 Å². The zero-order valence-corrected chi connectivity index (χ0v) is 11.2. The number of benzene rings is 1. The summed E-state index contributed by atoms with van der Waals surface area (Å²) in [6.07, 6.45) is 4.32. The number of para-hydroxylation sites is 1. The molecule has 0 aliphatic rings. The van der Waals surface area contributed by atoms with Gasteiger partial charge in [0.2, 0.25) is 0 Å². The number of rotatable bonds is 6. The lowest BCUT2D eigenvalue weighted by Crippen LogP contribution is -2.11. The summed E-state index contributed by atoms with van der Waals surface area (Å²) in [6, 6.07) is 5.24. The highest BCUT2D eigenvalue weighted by molar-refractivity contribution is 5.98. The summed E-state index contributed by atoms with van der Waals surface area (Å²) in [7, 11) is 1.33. The maximum atomic E-state index is 11.5. The zero-order chi connectivity index (χ0) is 14.4. The lowest BCUT2D eigenvalue weighted by Gasteiger charge is -2.11. The van der Waals surface area contributed by atoms with Crippen LogP contribution in [0.5, 0.6) is 0 Å². The molecule has 0 radical (unpaired) electrons. The Balaban J connectivity index is 1.91. The zero-order valence-electron chi connectivity index (χ0n) is 11.2. The second-order valence-corrected chi connectivity index (χ2v) is 4.20. The Kier molecular flexibility index (Phi) is 4.54. The molecule has 7 heteroatoms. The first kappa shape index (κ1) is 13.9. The van der Waals surface area contributed by atoms with E-state index in [2.05, 4.69) is 20.4 Å². The van der Waals surface area contributed by atoms with Crippen molar-refractivity contribution in [1.82, 2.24) is 15.0 Å². The summed E-state index contributed by atoms with van der Waals surface area (Å²) in [5, 5.41) is 10.8.